The molecule has 0 spiro atoms. The molecule has 156 valence electrons. The monoisotopic (exact) mass is 404 g/mol. The lowest BCUT2D eigenvalue weighted by atomic mass is 9.91. The quantitative estimate of drug-likeness (QED) is 0.804. The second-order valence-electron chi connectivity index (χ2n) is 8.19. The molecule has 2 N–H and O–H groups in total. The Hall–Kier alpha value is -2.99. The lowest BCUT2D eigenvalue weighted by Crippen LogP contribution is -2.49. The summed E-state index contributed by atoms with van der Waals surface area (Å²) in [5.74, 6) is -0.109. The molecule has 0 bridgehead atoms. The molecular formula is C24H28N4O2. The molecule has 2 aromatic rings. The van der Waals surface area contributed by atoms with Crippen molar-refractivity contribution in [1.29, 1.82) is 0 Å². The van der Waals surface area contributed by atoms with Crippen LogP contribution < -0.4 is 10.6 Å². The molecule has 6 heteroatoms. The van der Waals surface area contributed by atoms with Gasteiger partial charge in [0.2, 0.25) is 5.91 Å². The lowest BCUT2D eigenvalue weighted by Gasteiger charge is -2.33. The van der Waals surface area contributed by atoms with E-state index in [9.17, 15) is 9.59 Å². The molecule has 2 unspecified atom stereocenters. The number of carbonyl (C=O) groups is 2. The first-order chi connectivity index (χ1) is 14.6. The van der Waals surface area contributed by atoms with E-state index in [4.69, 9.17) is 0 Å². The Morgan fingerprint density at radius 3 is 2.77 bits per heavy atom. The maximum absolute atomic E-state index is 12.5. The summed E-state index contributed by atoms with van der Waals surface area (Å²) < 4.78 is 0. The van der Waals surface area contributed by atoms with Gasteiger partial charge in [-0.2, -0.15) is 0 Å². The third kappa shape index (κ3) is 4.94. The second-order valence-corrected chi connectivity index (χ2v) is 8.19. The second kappa shape index (κ2) is 9.22. The van der Waals surface area contributed by atoms with Gasteiger partial charge in [-0.15, -0.1) is 0 Å². The zero-order chi connectivity index (χ0) is 20.9. The van der Waals surface area contributed by atoms with Crippen molar-refractivity contribution in [3.63, 3.8) is 0 Å². The molecule has 2 saturated heterocycles. The number of allylic oxidation sites excluding steroid dienone is 1. The summed E-state index contributed by atoms with van der Waals surface area (Å²) in [6, 6.07) is 13.8. The van der Waals surface area contributed by atoms with Gasteiger partial charge in [-0.05, 0) is 55.3 Å². The predicted molar refractivity (Wildman–Crippen MR) is 116 cm³/mol. The molecule has 2 atom stereocenters. The van der Waals surface area contributed by atoms with E-state index in [0.29, 0.717) is 30.2 Å². The molecule has 1 aromatic carbocycles. The molecular weight excluding hydrogens is 376 g/mol. The smallest absolute Gasteiger partial charge is 0.270 e. The largest absolute Gasteiger partial charge is 0.339 e. The SMILES string of the molecule is C=C1CCC(NC(=O)c2ccc(C3CCCN(Cc4ccccc4)C3)cn2)C(=O)N1. The van der Waals surface area contributed by atoms with E-state index in [0.717, 1.165) is 38.0 Å². The molecule has 0 aliphatic carbocycles. The maximum atomic E-state index is 12.5. The Balaban J connectivity index is 1.35. The standard InChI is InChI=1S/C24H28N4O2/c1-17-9-11-22(24(30)26-17)27-23(29)21-12-10-19(14-25-21)20-8-5-13-28(16-20)15-18-6-3-2-4-7-18/h2-4,6-7,10,12,14,20,22H,1,5,8-9,11,13,15-16H2,(H,26,30)(H,27,29). The van der Waals surface area contributed by atoms with Crippen molar-refractivity contribution in [2.75, 3.05) is 13.1 Å². The average molecular weight is 405 g/mol. The van der Waals surface area contributed by atoms with Crippen LogP contribution in [0.4, 0.5) is 0 Å². The van der Waals surface area contributed by atoms with Crippen molar-refractivity contribution < 1.29 is 9.59 Å². The summed E-state index contributed by atoms with van der Waals surface area (Å²) in [4.78, 5) is 31.4. The predicted octanol–water partition coefficient (Wildman–Crippen LogP) is 2.98. The molecule has 2 amide bonds. The fourth-order valence-corrected chi connectivity index (χ4v) is 4.24. The highest BCUT2D eigenvalue weighted by atomic mass is 16.2. The maximum Gasteiger partial charge on any atom is 0.270 e. The van der Waals surface area contributed by atoms with Crippen molar-refractivity contribution in [2.24, 2.45) is 0 Å². The Labute approximate surface area is 177 Å². The van der Waals surface area contributed by atoms with Gasteiger partial charge in [0.05, 0.1) is 0 Å². The number of carbonyl (C=O) groups excluding carboxylic acids is 2. The van der Waals surface area contributed by atoms with Crippen molar-refractivity contribution >= 4 is 11.8 Å². The fourth-order valence-electron chi connectivity index (χ4n) is 4.24. The number of amides is 2. The number of likely N-dealkylation sites (tertiary alicyclic amines) is 1. The van der Waals surface area contributed by atoms with E-state index in [-0.39, 0.29) is 11.8 Å². The van der Waals surface area contributed by atoms with Crippen LogP contribution in [-0.4, -0.2) is 40.8 Å². The highest BCUT2D eigenvalue weighted by Gasteiger charge is 2.26. The van der Waals surface area contributed by atoms with Gasteiger partial charge in [0.25, 0.3) is 5.91 Å². The zero-order valence-corrected chi connectivity index (χ0v) is 17.1. The van der Waals surface area contributed by atoms with Crippen LogP contribution in [0.15, 0.2) is 60.9 Å². The first kappa shape index (κ1) is 20.3. The zero-order valence-electron chi connectivity index (χ0n) is 17.1. The number of hydrogen-bond donors (Lipinski definition) is 2. The number of rotatable bonds is 5. The third-order valence-corrected chi connectivity index (χ3v) is 5.90. The number of nitrogens with zero attached hydrogens (tertiary/aromatic N) is 2. The van der Waals surface area contributed by atoms with Gasteiger partial charge in [-0.25, -0.2) is 0 Å². The van der Waals surface area contributed by atoms with Crippen LogP contribution in [0, 0.1) is 0 Å². The van der Waals surface area contributed by atoms with E-state index in [1.54, 1.807) is 6.07 Å². The number of aromatic nitrogens is 1. The summed E-state index contributed by atoms with van der Waals surface area (Å²) in [6.07, 6.45) is 5.33. The van der Waals surface area contributed by atoms with Crippen LogP contribution in [0.1, 0.15) is 53.2 Å². The van der Waals surface area contributed by atoms with Gasteiger partial charge in [0.1, 0.15) is 11.7 Å². The van der Waals surface area contributed by atoms with E-state index in [1.807, 2.05) is 18.3 Å². The van der Waals surface area contributed by atoms with Crippen molar-refractivity contribution in [3.05, 3.63) is 77.8 Å². The van der Waals surface area contributed by atoms with Crippen LogP contribution in [0.5, 0.6) is 0 Å². The normalized spacial score (nSPS) is 22.4. The molecule has 1 aromatic heterocycles. The Bertz CT molecular complexity index is 911. The summed E-state index contributed by atoms with van der Waals surface area (Å²) >= 11 is 0. The van der Waals surface area contributed by atoms with Crippen molar-refractivity contribution in [2.45, 2.75) is 44.2 Å². The van der Waals surface area contributed by atoms with Gasteiger partial charge in [-0.1, -0.05) is 43.0 Å². The molecule has 0 radical (unpaired) electrons. The number of pyridine rings is 1. The molecule has 2 aliphatic heterocycles. The number of piperidine rings is 2. The van der Waals surface area contributed by atoms with Gasteiger partial charge < -0.3 is 10.6 Å². The van der Waals surface area contributed by atoms with Gasteiger partial charge >= 0.3 is 0 Å². The first-order valence-corrected chi connectivity index (χ1v) is 10.6. The van der Waals surface area contributed by atoms with E-state index < -0.39 is 6.04 Å². The minimum absolute atomic E-state index is 0.211. The summed E-state index contributed by atoms with van der Waals surface area (Å²) in [6.45, 7) is 6.82. The number of nitrogens with one attached hydrogen (secondary N) is 2. The molecule has 0 saturated carbocycles. The van der Waals surface area contributed by atoms with Gasteiger partial charge in [-0.3, -0.25) is 19.5 Å². The highest BCUT2D eigenvalue weighted by molar-refractivity contribution is 5.96. The Morgan fingerprint density at radius 1 is 1.20 bits per heavy atom. The Kier molecular flexibility index (Phi) is 6.23. The molecule has 4 rings (SSSR count). The molecule has 2 fully saturated rings. The van der Waals surface area contributed by atoms with Crippen molar-refractivity contribution in [3.8, 4) is 0 Å². The van der Waals surface area contributed by atoms with Crippen LogP contribution in [0.3, 0.4) is 0 Å². The minimum atomic E-state index is -0.533. The summed E-state index contributed by atoms with van der Waals surface area (Å²) in [5, 5.41) is 5.46. The summed E-state index contributed by atoms with van der Waals surface area (Å²) in [5.41, 5.74) is 3.53. The molecule has 6 nitrogen and oxygen atoms in total. The Morgan fingerprint density at radius 2 is 2.03 bits per heavy atom. The fraction of sp³-hybridized carbons (Fsp3) is 0.375. The lowest BCUT2D eigenvalue weighted by molar-refractivity contribution is -0.123. The average Bonchev–Trinajstić information content (AvgIpc) is 2.77. The van der Waals surface area contributed by atoms with Crippen LogP contribution in [-0.2, 0) is 11.3 Å². The molecule has 2 aliphatic rings. The number of hydrogen-bond acceptors (Lipinski definition) is 4. The van der Waals surface area contributed by atoms with Gasteiger partial charge in [0.15, 0.2) is 0 Å². The first-order valence-electron chi connectivity index (χ1n) is 10.6. The van der Waals surface area contributed by atoms with Crippen LogP contribution in [0.2, 0.25) is 0 Å². The van der Waals surface area contributed by atoms with Gasteiger partial charge in [0, 0.05) is 25.0 Å². The van der Waals surface area contributed by atoms with Crippen molar-refractivity contribution in [1.82, 2.24) is 20.5 Å². The van der Waals surface area contributed by atoms with E-state index in [1.165, 1.54) is 5.56 Å². The number of benzene rings is 1. The summed E-state index contributed by atoms with van der Waals surface area (Å²) in [7, 11) is 0. The topological polar surface area (TPSA) is 74.3 Å². The molecule has 3 heterocycles. The van der Waals surface area contributed by atoms with Crippen LogP contribution >= 0.6 is 0 Å². The van der Waals surface area contributed by atoms with Crippen LogP contribution in [0.25, 0.3) is 0 Å². The van der Waals surface area contributed by atoms with E-state index in [2.05, 4.69) is 51.4 Å². The third-order valence-electron chi connectivity index (χ3n) is 5.90. The highest BCUT2D eigenvalue weighted by Crippen LogP contribution is 2.27. The molecule has 30 heavy (non-hydrogen) atoms. The van der Waals surface area contributed by atoms with E-state index >= 15 is 0 Å². The minimum Gasteiger partial charge on any atom is -0.339 e.